The predicted octanol–water partition coefficient (Wildman–Crippen LogP) is 2.48. The number of halogens is 1. The van der Waals surface area contributed by atoms with E-state index in [0.29, 0.717) is 5.92 Å². The van der Waals surface area contributed by atoms with E-state index < -0.39 is 6.23 Å². The second-order valence-corrected chi connectivity index (χ2v) is 4.94. The van der Waals surface area contributed by atoms with Gasteiger partial charge >= 0.3 is 0 Å². The summed E-state index contributed by atoms with van der Waals surface area (Å²) in [7, 11) is 0. The Morgan fingerprint density at radius 1 is 1.40 bits per heavy atom. The maximum absolute atomic E-state index is 9.92. The molecule has 0 amide bonds. The lowest BCUT2D eigenvalue weighted by Gasteiger charge is -2.23. The van der Waals surface area contributed by atoms with Gasteiger partial charge < -0.3 is 10.4 Å². The van der Waals surface area contributed by atoms with E-state index in [4.69, 9.17) is 0 Å². The lowest BCUT2D eigenvalue weighted by Crippen LogP contribution is -2.32. The molecule has 1 aromatic rings. The third-order valence-corrected chi connectivity index (χ3v) is 3.27. The summed E-state index contributed by atoms with van der Waals surface area (Å²) >= 11 is 3.39. The van der Waals surface area contributed by atoms with Crippen molar-refractivity contribution in [2.75, 3.05) is 0 Å². The van der Waals surface area contributed by atoms with Crippen LogP contribution in [0.2, 0.25) is 0 Å². The molecule has 0 saturated heterocycles. The van der Waals surface area contributed by atoms with Crippen LogP contribution in [-0.2, 0) is 0 Å². The third kappa shape index (κ3) is 1.68. The fourth-order valence-electron chi connectivity index (χ4n) is 1.79. The summed E-state index contributed by atoms with van der Waals surface area (Å²) in [5.74, 6) is 1.48. The second kappa shape index (κ2) is 3.32. The number of aliphatic hydroxyl groups is 1. The van der Waals surface area contributed by atoms with Crippen molar-refractivity contribution >= 4 is 27.5 Å². The number of benzene rings is 1. The third-order valence-electron chi connectivity index (χ3n) is 2.77. The van der Waals surface area contributed by atoms with Crippen molar-refractivity contribution in [3.05, 3.63) is 28.2 Å². The summed E-state index contributed by atoms with van der Waals surface area (Å²) in [6, 6.07) is 5.79. The predicted molar refractivity (Wildman–Crippen MR) is 62.1 cm³/mol. The van der Waals surface area contributed by atoms with Crippen molar-refractivity contribution in [2.24, 2.45) is 10.9 Å². The van der Waals surface area contributed by atoms with Crippen molar-refractivity contribution in [2.45, 2.75) is 19.1 Å². The van der Waals surface area contributed by atoms with Gasteiger partial charge in [-0.15, -0.1) is 0 Å². The molecule has 3 rings (SSSR count). The van der Waals surface area contributed by atoms with E-state index in [9.17, 15) is 5.11 Å². The lowest BCUT2D eigenvalue weighted by molar-refractivity contribution is 0.160. The van der Waals surface area contributed by atoms with E-state index in [1.807, 2.05) is 18.2 Å². The topological polar surface area (TPSA) is 44.6 Å². The van der Waals surface area contributed by atoms with Gasteiger partial charge in [0.2, 0.25) is 0 Å². The molecule has 0 radical (unpaired) electrons. The molecule has 1 aliphatic carbocycles. The first-order valence-electron chi connectivity index (χ1n) is 5.06. The largest absolute Gasteiger partial charge is 0.369 e. The number of rotatable bonds is 1. The minimum absolute atomic E-state index is 0.538. The number of fused-ring (bicyclic) bond motifs is 1. The number of hydrogen-bond donors (Lipinski definition) is 2. The Morgan fingerprint density at radius 3 is 2.93 bits per heavy atom. The van der Waals surface area contributed by atoms with E-state index in [2.05, 4.69) is 26.2 Å². The maximum atomic E-state index is 9.92. The Labute approximate surface area is 96.4 Å². The first-order valence-corrected chi connectivity index (χ1v) is 5.86. The zero-order valence-corrected chi connectivity index (χ0v) is 9.66. The van der Waals surface area contributed by atoms with Gasteiger partial charge in [0.05, 0.1) is 5.69 Å². The highest BCUT2D eigenvalue weighted by Crippen LogP contribution is 2.37. The number of aliphatic imine (C=N–C) groups is 1. The Balaban J connectivity index is 2.05. The average Bonchev–Trinajstić information content (AvgIpc) is 3.02. The molecule has 2 aliphatic rings. The van der Waals surface area contributed by atoms with Gasteiger partial charge in [0.25, 0.3) is 0 Å². The van der Waals surface area contributed by atoms with E-state index >= 15 is 0 Å². The van der Waals surface area contributed by atoms with Crippen molar-refractivity contribution in [3.8, 4) is 0 Å². The molecule has 0 spiro atoms. The molecule has 1 fully saturated rings. The van der Waals surface area contributed by atoms with Gasteiger partial charge in [-0.25, -0.2) is 4.99 Å². The summed E-state index contributed by atoms with van der Waals surface area (Å²) in [5.41, 5.74) is 1.72. The molecule has 0 aromatic heterocycles. The van der Waals surface area contributed by atoms with Gasteiger partial charge in [-0.1, -0.05) is 15.9 Å². The quantitative estimate of drug-likeness (QED) is 0.821. The van der Waals surface area contributed by atoms with Gasteiger partial charge in [-0.2, -0.15) is 0 Å². The molecular weight excluding hydrogens is 256 g/mol. The van der Waals surface area contributed by atoms with Gasteiger partial charge in [0.1, 0.15) is 5.84 Å². The normalized spacial score (nSPS) is 24.1. The van der Waals surface area contributed by atoms with Crippen LogP contribution in [0.25, 0.3) is 0 Å². The summed E-state index contributed by atoms with van der Waals surface area (Å²) in [5, 5.41) is 13.0. The Kier molecular flexibility index (Phi) is 2.07. The van der Waals surface area contributed by atoms with Crippen LogP contribution in [0, 0.1) is 5.92 Å². The zero-order chi connectivity index (χ0) is 10.4. The number of aliphatic hydroxyl groups excluding tert-OH is 1. The zero-order valence-electron chi connectivity index (χ0n) is 8.07. The maximum Gasteiger partial charge on any atom is 0.153 e. The van der Waals surface area contributed by atoms with E-state index in [1.165, 1.54) is 12.8 Å². The number of nitrogens with one attached hydrogen (secondary N) is 1. The van der Waals surface area contributed by atoms with Crippen LogP contribution >= 0.6 is 15.9 Å². The monoisotopic (exact) mass is 266 g/mol. The molecular formula is C11H11BrN2O. The van der Waals surface area contributed by atoms with Gasteiger partial charge in [-0.3, -0.25) is 0 Å². The summed E-state index contributed by atoms with van der Waals surface area (Å²) in [6.45, 7) is 0. The fraction of sp³-hybridized carbons (Fsp3) is 0.364. The van der Waals surface area contributed by atoms with Gasteiger partial charge in [-0.05, 0) is 31.0 Å². The van der Waals surface area contributed by atoms with Crippen LogP contribution in [0.5, 0.6) is 0 Å². The van der Waals surface area contributed by atoms with Crippen molar-refractivity contribution in [1.29, 1.82) is 0 Å². The number of hydrogen-bond acceptors (Lipinski definition) is 3. The molecule has 0 bridgehead atoms. The Hall–Kier alpha value is -0.870. The standard InChI is InChI=1S/C11H11BrN2O/c12-7-3-4-9-8(5-7)11(15)14-10(13-9)6-1-2-6/h3-6,11,15H,1-2H2,(H,13,14). The molecule has 78 valence electrons. The fourth-order valence-corrected chi connectivity index (χ4v) is 2.17. The molecule has 1 atom stereocenters. The van der Waals surface area contributed by atoms with Crippen LogP contribution in [0.15, 0.2) is 27.7 Å². The molecule has 1 aromatic carbocycles. The molecule has 1 unspecified atom stereocenters. The van der Waals surface area contributed by atoms with Crippen molar-refractivity contribution < 1.29 is 5.11 Å². The molecule has 1 saturated carbocycles. The van der Waals surface area contributed by atoms with Crippen LogP contribution in [0.1, 0.15) is 24.6 Å². The van der Waals surface area contributed by atoms with E-state index in [-0.39, 0.29) is 0 Å². The van der Waals surface area contributed by atoms with Crippen LogP contribution in [-0.4, -0.2) is 10.9 Å². The molecule has 2 N–H and O–H groups in total. The highest BCUT2D eigenvalue weighted by molar-refractivity contribution is 9.10. The minimum Gasteiger partial charge on any atom is -0.369 e. The highest BCUT2D eigenvalue weighted by atomic mass is 79.9. The second-order valence-electron chi connectivity index (χ2n) is 4.02. The Morgan fingerprint density at radius 2 is 2.20 bits per heavy atom. The van der Waals surface area contributed by atoms with Gasteiger partial charge in [0.15, 0.2) is 6.23 Å². The highest BCUT2D eigenvalue weighted by Gasteiger charge is 2.32. The number of amidine groups is 1. The SMILES string of the molecule is OC1NC(C2CC2)=Nc2ccc(Br)cc21. The lowest BCUT2D eigenvalue weighted by atomic mass is 10.1. The molecule has 4 heteroatoms. The first kappa shape index (κ1) is 9.36. The molecule has 15 heavy (non-hydrogen) atoms. The summed E-state index contributed by atoms with van der Waals surface area (Å²) in [4.78, 5) is 4.52. The van der Waals surface area contributed by atoms with E-state index in [0.717, 1.165) is 21.6 Å². The molecule has 1 heterocycles. The average molecular weight is 267 g/mol. The van der Waals surface area contributed by atoms with E-state index in [1.54, 1.807) is 0 Å². The van der Waals surface area contributed by atoms with Crippen molar-refractivity contribution in [1.82, 2.24) is 5.32 Å². The number of nitrogens with zero attached hydrogens (tertiary/aromatic N) is 1. The minimum atomic E-state index is -0.620. The van der Waals surface area contributed by atoms with Crippen LogP contribution in [0.4, 0.5) is 5.69 Å². The van der Waals surface area contributed by atoms with Crippen LogP contribution in [0.3, 0.4) is 0 Å². The molecule has 1 aliphatic heterocycles. The Bertz CT molecular complexity index is 440. The summed E-state index contributed by atoms with van der Waals surface area (Å²) in [6.07, 6.45) is 1.75. The smallest absolute Gasteiger partial charge is 0.153 e. The summed E-state index contributed by atoms with van der Waals surface area (Å²) < 4.78 is 0.965. The van der Waals surface area contributed by atoms with Crippen molar-refractivity contribution in [3.63, 3.8) is 0 Å². The van der Waals surface area contributed by atoms with Gasteiger partial charge in [0, 0.05) is 16.0 Å². The van der Waals surface area contributed by atoms with Crippen LogP contribution < -0.4 is 5.32 Å². The molecule has 3 nitrogen and oxygen atoms in total. The first-order chi connectivity index (χ1) is 7.24.